The fourth-order valence-electron chi connectivity index (χ4n) is 2.31. The van der Waals surface area contributed by atoms with Crippen molar-refractivity contribution in [3.63, 3.8) is 0 Å². The molecule has 0 bridgehead atoms. The molecule has 2 atom stereocenters. The van der Waals surface area contributed by atoms with Gasteiger partial charge in [-0.2, -0.15) is 0 Å². The first-order valence-corrected chi connectivity index (χ1v) is 6.89. The van der Waals surface area contributed by atoms with E-state index in [2.05, 4.69) is 5.32 Å². The molecule has 2 unspecified atom stereocenters. The summed E-state index contributed by atoms with van der Waals surface area (Å²) in [4.78, 5) is 25.0. The van der Waals surface area contributed by atoms with Gasteiger partial charge in [0, 0.05) is 6.54 Å². The first kappa shape index (κ1) is 14.8. The second-order valence-corrected chi connectivity index (χ2v) is 5.37. The molecule has 1 amide bonds. The van der Waals surface area contributed by atoms with E-state index in [0.717, 1.165) is 0 Å². The third kappa shape index (κ3) is 3.29. The van der Waals surface area contributed by atoms with Crippen molar-refractivity contribution in [3.05, 3.63) is 29.3 Å². The maximum atomic E-state index is 12.2. The van der Waals surface area contributed by atoms with Crippen LogP contribution in [0.2, 0.25) is 5.02 Å². The summed E-state index contributed by atoms with van der Waals surface area (Å²) in [7, 11) is 0. The van der Waals surface area contributed by atoms with Gasteiger partial charge in [-0.25, -0.2) is 0 Å². The molecule has 0 aromatic heterocycles. The number of carboxylic acid groups (broad SMARTS) is 1. The number of rotatable bonds is 4. The maximum Gasteiger partial charge on any atom is 0.307 e. The number of aliphatic carboxylic acids is 1. The molecule has 0 spiro atoms. The van der Waals surface area contributed by atoms with Crippen LogP contribution in [0.15, 0.2) is 24.3 Å². The van der Waals surface area contributed by atoms with Gasteiger partial charge in [-0.1, -0.05) is 23.7 Å². The number of carboxylic acids is 1. The highest BCUT2D eigenvalue weighted by atomic mass is 35.5. The van der Waals surface area contributed by atoms with Crippen LogP contribution in [-0.2, 0) is 9.59 Å². The fourth-order valence-corrected chi connectivity index (χ4v) is 2.49. The Morgan fingerprint density at radius 2 is 2.15 bits per heavy atom. The number of carbonyl (C=O) groups excluding carboxylic acids is 1. The molecule has 108 valence electrons. The molecule has 1 aliphatic rings. The smallest absolute Gasteiger partial charge is 0.307 e. The lowest BCUT2D eigenvalue weighted by Gasteiger charge is -2.23. The first-order chi connectivity index (χ1) is 9.49. The monoisotopic (exact) mass is 296 g/mol. The van der Waals surface area contributed by atoms with Gasteiger partial charge in [-0.3, -0.25) is 14.5 Å². The molecule has 1 fully saturated rings. The quantitative estimate of drug-likeness (QED) is 0.892. The molecular weight excluding hydrogens is 280 g/mol. The number of hydrogen-bond acceptors (Lipinski definition) is 3. The molecular formula is C14H17ClN2O3. The summed E-state index contributed by atoms with van der Waals surface area (Å²) in [6, 6.07) is 6.65. The summed E-state index contributed by atoms with van der Waals surface area (Å²) in [5.74, 6) is -1.36. The highest BCUT2D eigenvalue weighted by Crippen LogP contribution is 2.23. The van der Waals surface area contributed by atoms with Gasteiger partial charge in [-0.15, -0.1) is 0 Å². The topological polar surface area (TPSA) is 69.6 Å². The Balaban J connectivity index is 1.96. The van der Waals surface area contributed by atoms with Gasteiger partial charge in [0.2, 0.25) is 5.91 Å². The van der Waals surface area contributed by atoms with Crippen LogP contribution in [0, 0.1) is 5.92 Å². The standard InChI is InChI=1S/C14H17ClN2O3/c1-9(17-7-6-10(8-17)14(19)20)13(18)16-12-5-3-2-4-11(12)15/h2-5,9-10H,6-8H2,1H3,(H,16,18)(H,19,20). The Hall–Kier alpha value is -1.59. The van der Waals surface area contributed by atoms with Gasteiger partial charge in [0.15, 0.2) is 0 Å². The Morgan fingerprint density at radius 1 is 1.45 bits per heavy atom. The largest absolute Gasteiger partial charge is 0.481 e. The number of benzene rings is 1. The molecule has 0 radical (unpaired) electrons. The Kier molecular flexibility index (Phi) is 4.62. The van der Waals surface area contributed by atoms with Crippen molar-refractivity contribution >= 4 is 29.2 Å². The van der Waals surface area contributed by atoms with Crippen LogP contribution in [0.4, 0.5) is 5.69 Å². The van der Waals surface area contributed by atoms with Gasteiger partial charge in [0.1, 0.15) is 0 Å². The summed E-state index contributed by atoms with van der Waals surface area (Å²) >= 11 is 5.99. The number of para-hydroxylation sites is 1. The lowest BCUT2D eigenvalue weighted by molar-refractivity contribution is -0.141. The zero-order chi connectivity index (χ0) is 14.7. The lowest BCUT2D eigenvalue weighted by atomic mass is 10.1. The van der Waals surface area contributed by atoms with Crippen molar-refractivity contribution in [2.24, 2.45) is 5.92 Å². The van der Waals surface area contributed by atoms with Crippen LogP contribution in [0.1, 0.15) is 13.3 Å². The number of carbonyl (C=O) groups is 2. The van der Waals surface area contributed by atoms with E-state index in [1.54, 1.807) is 31.2 Å². The zero-order valence-electron chi connectivity index (χ0n) is 11.2. The van der Waals surface area contributed by atoms with E-state index in [1.165, 1.54) is 0 Å². The van der Waals surface area contributed by atoms with Crippen LogP contribution in [0.25, 0.3) is 0 Å². The third-order valence-electron chi connectivity index (χ3n) is 3.63. The van der Waals surface area contributed by atoms with Crippen LogP contribution >= 0.6 is 11.6 Å². The van der Waals surface area contributed by atoms with E-state index in [0.29, 0.717) is 30.2 Å². The molecule has 2 rings (SSSR count). The van der Waals surface area contributed by atoms with Gasteiger partial charge in [0.05, 0.1) is 22.7 Å². The number of hydrogen-bond donors (Lipinski definition) is 2. The molecule has 5 nitrogen and oxygen atoms in total. The Bertz CT molecular complexity index is 521. The molecule has 2 N–H and O–H groups in total. The number of halogens is 1. The molecule has 0 aliphatic carbocycles. The molecule has 1 aromatic rings. The van der Waals surface area contributed by atoms with E-state index >= 15 is 0 Å². The van der Waals surface area contributed by atoms with Gasteiger partial charge in [-0.05, 0) is 32.0 Å². The summed E-state index contributed by atoms with van der Waals surface area (Å²) in [6.07, 6.45) is 0.582. The molecule has 1 aromatic carbocycles. The maximum absolute atomic E-state index is 12.2. The molecule has 1 heterocycles. The zero-order valence-corrected chi connectivity index (χ0v) is 11.9. The minimum absolute atomic E-state index is 0.177. The predicted octanol–water partition coefficient (Wildman–Crippen LogP) is 2.07. The van der Waals surface area contributed by atoms with Gasteiger partial charge in [0.25, 0.3) is 0 Å². The first-order valence-electron chi connectivity index (χ1n) is 6.51. The summed E-state index contributed by atoms with van der Waals surface area (Å²) in [5.41, 5.74) is 0.569. The van der Waals surface area contributed by atoms with E-state index in [-0.39, 0.29) is 17.9 Å². The van der Waals surface area contributed by atoms with Gasteiger partial charge < -0.3 is 10.4 Å². The predicted molar refractivity (Wildman–Crippen MR) is 76.9 cm³/mol. The van der Waals surface area contributed by atoms with Crippen molar-refractivity contribution in [2.45, 2.75) is 19.4 Å². The molecule has 1 aliphatic heterocycles. The number of amides is 1. The highest BCUT2D eigenvalue weighted by molar-refractivity contribution is 6.33. The van der Waals surface area contributed by atoms with Crippen molar-refractivity contribution in [3.8, 4) is 0 Å². The van der Waals surface area contributed by atoms with Crippen molar-refractivity contribution in [1.82, 2.24) is 4.90 Å². The number of anilines is 1. The molecule has 20 heavy (non-hydrogen) atoms. The number of nitrogens with one attached hydrogen (secondary N) is 1. The van der Waals surface area contributed by atoms with Crippen molar-refractivity contribution in [1.29, 1.82) is 0 Å². The summed E-state index contributed by atoms with van der Waals surface area (Å²) in [6.45, 7) is 2.80. The number of nitrogens with zero attached hydrogens (tertiary/aromatic N) is 1. The lowest BCUT2D eigenvalue weighted by Crippen LogP contribution is -2.41. The van der Waals surface area contributed by atoms with Crippen LogP contribution in [0.5, 0.6) is 0 Å². The second-order valence-electron chi connectivity index (χ2n) is 4.96. The van der Waals surface area contributed by atoms with Crippen LogP contribution in [-0.4, -0.2) is 41.0 Å². The van der Waals surface area contributed by atoms with Crippen LogP contribution < -0.4 is 5.32 Å². The Morgan fingerprint density at radius 3 is 2.75 bits per heavy atom. The summed E-state index contributed by atoms with van der Waals surface area (Å²) < 4.78 is 0. The highest BCUT2D eigenvalue weighted by Gasteiger charge is 2.33. The summed E-state index contributed by atoms with van der Waals surface area (Å²) in [5, 5.41) is 12.2. The van der Waals surface area contributed by atoms with E-state index in [4.69, 9.17) is 16.7 Å². The van der Waals surface area contributed by atoms with Crippen molar-refractivity contribution < 1.29 is 14.7 Å². The average Bonchev–Trinajstić information content (AvgIpc) is 2.90. The molecule has 0 saturated carbocycles. The second kappa shape index (κ2) is 6.24. The van der Waals surface area contributed by atoms with E-state index in [9.17, 15) is 9.59 Å². The molecule has 1 saturated heterocycles. The normalized spacial score (nSPS) is 20.6. The van der Waals surface area contributed by atoms with Crippen molar-refractivity contribution in [2.75, 3.05) is 18.4 Å². The molecule has 6 heteroatoms. The van der Waals surface area contributed by atoms with Gasteiger partial charge >= 0.3 is 5.97 Å². The number of likely N-dealkylation sites (tertiary alicyclic amines) is 1. The minimum Gasteiger partial charge on any atom is -0.481 e. The third-order valence-corrected chi connectivity index (χ3v) is 3.96. The SMILES string of the molecule is CC(C(=O)Nc1ccccc1Cl)N1CCC(C(=O)O)C1. The Labute approximate surface area is 122 Å². The average molecular weight is 297 g/mol. The minimum atomic E-state index is -0.800. The van der Waals surface area contributed by atoms with E-state index in [1.807, 2.05) is 4.90 Å². The fraction of sp³-hybridized carbons (Fsp3) is 0.429. The van der Waals surface area contributed by atoms with E-state index < -0.39 is 5.97 Å². The van der Waals surface area contributed by atoms with Crippen LogP contribution in [0.3, 0.4) is 0 Å².